The van der Waals surface area contributed by atoms with Gasteiger partial charge in [-0.3, -0.25) is 0 Å². The van der Waals surface area contributed by atoms with Gasteiger partial charge in [-0.25, -0.2) is 12.8 Å². The standard InChI is InChI=1S/C18H20FNO2S/c1-2-14-8-10-17(11-9-14)23(21,22)20-12-4-7-18(20)15-5-3-6-16(19)13-15/h3,5-6,8-11,13,18H,2,4,7,12H2,1H3. The Labute approximate surface area is 136 Å². The summed E-state index contributed by atoms with van der Waals surface area (Å²) in [6.45, 7) is 2.50. The van der Waals surface area contributed by atoms with E-state index in [0.29, 0.717) is 11.4 Å². The molecule has 0 saturated carbocycles. The minimum Gasteiger partial charge on any atom is -0.207 e. The van der Waals surface area contributed by atoms with Crippen molar-refractivity contribution in [2.75, 3.05) is 6.54 Å². The number of benzene rings is 2. The van der Waals surface area contributed by atoms with Gasteiger partial charge in [0.05, 0.1) is 10.9 Å². The fourth-order valence-corrected chi connectivity index (χ4v) is 4.79. The highest BCUT2D eigenvalue weighted by molar-refractivity contribution is 7.89. The molecule has 1 aliphatic heterocycles. The zero-order valence-corrected chi connectivity index (χ0v) is 13.9. The van der Waals surface area contributed by atoms with Gasteiger partial charge in [-0.05, 0) is 54.7 Å². The molecule has 23 heavy (non-hydrogen) atoms. The Balaban J connectivity index is 1.94. The maximum Gasteiger partial charge on any atom is 0.243 e. The molecule has 1 unspecified atom stereocenters. The van der Waals surface area contributed by atoms with Gasteiger partial charge in [0.1, 0.15) is 5.82 Å². The molecule has 1 aliphatic rings. The van der Waals surface area contributed by atoms with Gasteiger partial charge in [0.15, 0.2) is 0 Å². The van der Waals surface area contributed by atoms with Gasteiger partial charge in [-0.15, -0.1) is 0 Å². The second kappa shape index (κ2) is 6.42. The van der Waals surface area contributed by atoms with Crippen LogP contribution in [0, 0.1) is 5.82 Å². The van der Waals surface area contributed by atoms with Crippen molar-refractivity contribution in [3.05, 3.63) is 65.5 Å². The molecule has 0 amide bonds. The summed E-state index contributed by atoms with van der Waals surface area (Å²) in [6, 6.07) is 13.0. The summed E-state index contributed by atoms with van der Waals surface area (Å²) in [7, 11) is -3.56. The molecule has 122 valence electrons. The molecule has 2 aromatic rings. The van der Waals surface area contributed by atoms with E-state index in [-0.39, 0.29) is 11.9 Å². The Morgan fingerprint density at radius 3 is 2.57 bits per heavy atom. The number of rotatable bonds is 4. The molecule has 0 N–H and O–H groups in total. The third-order valence-electron chi connectivity index (χ3n) is 4.38. The number of nitrogens with zero attached hydrogens (tertiary/aromatic N) is 1. The SMILES string of the molecule is CCc1ccc(S(=O)(=O)N2CCCC2c2cccc(F)c2)cc1. The van der Waals surface area contributed by atoms with Crippen LogP contribution in [0.15, 0.2) is 53.4 Å². The van der Waals surface area contributed by atoms with E-state index in [1.807, 2.05) is 19.1 Å². The lowest BCUT2D eigenvalue weighted by molar-refractivity contribution is 0.395. The normalized spacial score (nSPS) is 19.1. The molecule has 2 aromatic carbocycles. The van der Waals surface area contributed by atoms with Gasteiger partial charge < -0.3 is 0 Å². The topological polar surface area (TPSA) is 37.4 Å². The summed E-state index contributed by atoms with van der Waals surface area (Å²) < 4.78 is 40.9. The molecule has 1 heterocycles. The van der Waals surface area contributed by atoms with Crippen molar-refractivity contribution in [1.29, 1.82) is 0 Å². The third kappa shape index (κ3) is 3.16. The van der Waals surface area contributed by atoms with Crippen LogP contribution in [0.2, 0.25) is 0 Å². The maximum absolute atomic E-state index is 13.5. The summed E-state index contributed by atoms with van der Waals surface area (Å²) in [5.41, 5.74) is 1.82. The van der Waals surface area contributed by atoms with Crippen molar-refractivity contribution >= 4 is 10.0 Å². The van der Waals surface area contributed by atoms with E-state index >= 15 is 0 Å². The molecule has 0 radical (unpaired) electrons. The molecular formula is C18H20FNO2S. The fraction of sp³-hybridized carbons (Fsp3) is 0.333. The zero-order valence-electron chi connectivity index (χ0n) is 13.1. The van der Waals surface area contributed by atoms with Crippen LogP contribution < -0.4 is 0 Å². The second-order valence-electron chi connectivity index (χ2n) is 5.83. The fourth-order valence-electron chi connectivity index (χ4n) is 3.11. The van der Waals surface area contributed by atoms with Crippen LogP contribution in [0.25, 0.3) is 0 Å². The molecule has 0 spiro atoms. The van der Waals surface area contributed by atoms with Crippen LogP contribution in [0.1, 0.15) is 36.9 Å². The molecule has 1 fully saturated rings. The van der Waals surface area contributed by atoms with Crippen molar-refractivity contribution in [2.45, 2.75) is 37.1 Å². The van der Waals surface area contributed by atoms with E-state index < -0.39 is 10.0 Å². The summed E-state index contributed by atoms with van der Waals surface area (Å²) in [5.74, 6) is -0.334. The Bertz CT molecular complexity index is 787. The van der Waals surface area contributed by atoms with Gasteiger partial charge >= 0.3 is 0 Å². The Morgan fingerprint density at radius 1 is 1.17 bits per heavy atom. The summed E-state index contributed by atoms with van der Waals surface area (Å²) >= 11 is 0. The third-order valence-corrected chi connectivity index (χ3v) is 6.30. The minimum absolute atomic E-state index is 0.290. The average molecular weight is 333 g/mol. The van der Waals surface area contributed by atoms with Gasteiger partial charge in [-0.1, -0.05) is 31.2 Å². The predicted octanol–water partition coefficient (Wildman–Crippen LogP) is 3.91. The lowest BCUT2D eigenvalue weighted by Crippen LogP contribution is -2.30. The predicted molar refractivity (Wildman–Crippen MR) is 88.1 cm³/mol. The minimum atomic E-state index is -3.56. The zero-order chi connectivity index (χ0) is 16.4. The highest BCUT2D eigenvalue weighted by Crippen LogP contribution is 2.36. The molecule has 0 aromatic heterocycles. The monoisotopic (exact) mass is 333 g/mol. The van der Waals surface area contributed by atoms with E-state index in [1.165, 1.54) is 16.4 Å². The van der Waals surface area contributed by atoms with Crippen LogP contribution in [0.4, 0.5) is 4.39 Å². The Kier molecular flexibility index (Phi) is 4.50. The van der Waals surface area contributed by atoms with Gasteiger partial charge in [0.25, 0.3) is 0 Å². The van der Waals surface area contributed by atoms with Gasteiger partial charge in [-0.2, -0.15) is 4.31 Å². The summed E-state index contributed by atoms with van der Waals surface area (Å²) in [6.07, 6.45) is 2.37. The van der Waals surface area contributed by atoms with Crippen LogP contribution >= 0.6 is 0 Å². The number of hydrogen-bond acceptors (Lipinski definition) is 2. The highest BCUT2D eigenvalue weighted by atomic mass is 32.2. The van der Waals surface area contributed by atoms with E-state index in [4.69, 9.17) is 0 Å². The van der Waals surface area contributed by atoms with E-state index in [9.17, 15) is 12.8 Å². The first kappa shape index (κ1) is 16.1. The van der Waals surface area contributed by atoms with Crippen LogP contribution in [-0.4, -0.2) is 19.3 Å². The van der Waals surface area contributed by atoms with Crippen molar-refractivity contribution in [1.82, 2.24) is 4.31 Å². The van der Waals surface area contributed by atoms with Crippen molar-refractivity contribution in [3.8, 4) is 0 Å². The lowest BCUT2D eigenvalue weighted by atomic mass is 10.1. The maximum atomic E-state index is 13.5. The van der Waals surface area contributed by atoms with E-state index in [1.54, 1.807) is 24.3 Å². The quantitative estimate of drug-likeness (QED) is 0.850. The molecule has 0 bridgehead atoms. The number of hydrogen-bond donors (Lipinski definition) is 0. The number of aryl methyl sites for hydroxylation is 1. The van der Waals surface area contributed by atoms with E-state index in [0.717, 1.165) is 30.4 Å². The van der Waals surface area contributed by atoms with E-state index in [2.05, 4.69) is 0 Å². The van der Waals surface area contributed by atoms with Crippen LogP contribution in [-0.2, 0) is 16.4 Å². The first-order chi connectivity index (χ1) is 11.0. The van der Waals surface area contributed by atoms with Crippen molar-refractivity contribution in [3.63, 3.8) is 0 Å². The first-order valence-corrected chi connectivity index (χ1v) is 9.32. The Hall–Kier alpha value is -1.72. The lowest BCUT2D eigenvalue weighted by Gasteiger charge is -2.24. The Morgan fingerprint density at radius 2 is 1.91 bits per heavy atom. The molecule has 5 heteroatoms. The molecule has 1 atom stereocenters. The molecule has 3 nitrogen and oxygen atoms in total. The number of halogens is 1. The molecule has 3 rings (SSSR count). The average Bonchev–Trinajstić information content (AvgIpc) is 3.05. The number of sulfonamides is 1. The van der Waals surface area contributed by atoms with Gasteiger partial charge in [0, 0.05) is 6.54 Å². The smallest absolute Gasteiger partial charge is 0.207 e. The second-order valence-corrected chi connectivity index (χ2v) is 7.72. The summed E-state index contributed by atoms with van der Waals surface area (Å²) in [4.78, 5) is 0.304. The molecule has 0 aliphatic carbocycles. The van der Waals surface area contributed by atoms with Gasteiger partial charge in [0.2, 0.25) is 10.0 Å². The van der Waals surface area contributed by atoms with Crippen LogP contribution in [0.3, 0.4) is 0 Å². The first-order valence-electron chi connectivity index (χ1n) is 7.88. The largest absolute Gasteiger partial charge is 0.243 e. The molecule has 1 saturated heterocycles. The van der Waals surface area contributed by atoms with Crippen molar-refractivity contribution < 1.29 is 12.8 Å². The summed E-state index contributed by atoms with van der Waals surface area (Å²) in [5, 5.41) is 0. The molecular weight excluding hydrogens is 313 g/mol. The van der Waals surface area contributed by atoms with Crippen LogP contribution in [0.5, 0.6) is 0 Å². The highest BCUT2D eigenvalue weighted by Gasteiger charge is 2.36. The van der Waals surface area contributed by atoms with Crippen molar-refractivity contribution in [2.24, 2.45) is 0 Å².